The normalized spacial score (nSPS) is 29.8. The molecule has 0 aliphatic carbocycles. The first-order chi connectivity index (χ1) is 10.9. The van der Waals surface area contributed by atoms with E-state index in [1.165, 1.54) is 38.5 Å². The molecule has 2 heterocycles. The number of hydrogen-bond donors (Lipinski definition) is 0. The maximum Gasteiger partial charge on any atom is 0.0174 e. The monoisotopic (exact) mass is 334 g/mol. The van der Waals surface area contributed by atoms with Gasteiger partial charge in [-0.25, -0.2) is 0 Å². The highest BCUT2D eigenvalue weighted by atomic mass is 15.3. The van der Waals surface area contributed by atoms with Gasteiger partial charge in [-0.05, 0) is 93.9 Å². The van der Waals surface area contributed by atoms with Crippen LogP contribution < -0.4 is 0 Å². The fourth-order valence-corrected chi connectivity index (χ4v) is 5.43. The van der Waals surface area contributed by atoms with Crippen molar-refractivity contribution in [3.8, 4) is 0 Å². The molecule has 0 atom stereocenters. The van der Waals surface area contributed by atoms with Crippen LogP contribution in [0.3, 0.4) is 0 Å². The number of hydrogen-bond acceptors (Lipinski definition) is 2. The summed E-state index contributed by atoms with van der Waals surface area (Å²) in [6, 6.07) is 0. The van der Waals surface area contributed by atoms with Gasteiger partial charge in [0.25, 0.3) is 0 Å². The van der Waals surface area contributed by atoms with E-state index < -0.39 is 0 Å². The van der Waals surface area contributed by atoms with Gasteiger partial charge in [-0.2, -0.15) is 0 Å². The Morgan fingerprint density at radius 2 is 0.792 bits per heavy atom. The van der Waals surface area contributed by atoms with Crippen LogP contribution >= 0.6 is 0 Å². The molecule has 0 saturated carbocycles. The average molecular weight is 335 g/mol. The third-order valence-corrected chi connectivity index (χ3v) is 6.82. The fourth-order valence-electron chi connectivity index (χ4n) is 5.43. The summed E-state index contributed by atoms with van der Waals surface area (Å²) in [4.78, 5) is 5.43. The summed E-state index contributed by atoms with van der Waals surface area (Å²) in [7, 11) is 0. The van der Waals surface area contributed by atoms with Gasteiger partial charge in [0.15, 0.2) is 0 Å². The van der Waals surface area contributed by atoms with E-state index in [2.05, 4.69) is 77.3 Å². The molecule has 140 valence electrons. The summed E-state index contributed by atoms with van der Waals surface area (Å²) in [6.45, 7) is 21.5. The molecule has 2 rings (SSSR count). The van der Waals surface area contributed by atoms with Crippen LogP contribution in [0.25, 0.3) is 0 Å². The van der Waals surface area contributed by atoms with Crippen molar-refractivity contribution in [1.82, 2.24) is 9.80 Å². The van der Waals surface area contributed by atoms with Gasteiger partial charge >= 0.3 is 0 Å². The predicted octanol–water partition coefficient (Wildman–Crippen LogP) is 5.63. The van der Waals surface area contributed by atoms with Crippen molar-refractivity contribution in [3.63, 3.8) is 0 Å². The van der Waals surface area contributed by atoms with Crippen LogP contribution in [-0.2, 0) is 0 Å². The average Bonchev–Trinajstić information content (AvgIpc) is 2.37. The van der Waals surface area contributed by atoms with Crippen LogP contribution in [-0.4, -0.2) is 45.0 Å². The molecular weight excluding hydrogens is 292 g/mol. The van der Waals surface area contributed by atoms with E-state index >= 15 is 0 Å². The quantitative estimate of drug-likeness (QED) is 0.615. The van der Waals surface area contributed by atoms with Crippen LogP contribution in [0.1, 0.15) is 93.9 Å². The summed E-state index contributed by atoms with van der Waals surface area (Å²) < 4.78 is 0. The van der Waals surface area contributed by atoms with Crippen molar-refractivity contribution in [3.05, 3.63) is 12.2 Å². The molecule has 2 fully saturated rings. The Bertz CT molecular complexity index is 383. The Morgan fingerprint density at radius 3 is 1.04 bits per heavy atom. The maximum absolute atomic E-state index is 2.71. The van der Waals surface area contributed by atoms with Crippen LogP contribution in [0.5, 0.6) is 0 Å². The van der Waals surface area contributed by atoms with Gasteiger partial charge in [-0.15, -0.1) is 0 Å². The first-order valence-electron chi connectivity index (χ1n) is 10.1. The number of piperidine rings is 2. The molecule has 0 spiro atoms. The largest absolute Gasteiger partial charge is 0.289 e. The SMILES string of the molecule is CC1(C)CCCC(C)(C)N1C/C=C/CN1C(C)(C)CCCC1(C)C. The highest BCUT2D eigenvalue weighted by Gasteiger charge is 2.41. The minimum Gasteiger partial charge on any atom is -0.289 e. The third-order valence-electron chi connectivity index (χ3n) is 6.82. The maximum atomic E-state index is 2.71. The van der Waals surface area contributed by atoms with E-state index in [1.54, 1.807) is 0 Å². The molecule has 0 unspecified atom stereocenters. The molecule has 2 nitrogen and oxygen atoms in total. The summed E-state index contributed by atoms with van der Waals surface area (Å²) in [5.74, 6) is 0. The molecule has 2 heteroatoms. The number of nitrogens with zero attached hydrogens (tertiary/aromatic N) is 2. The Labute approximate surface area is 151 Å². The van der Waals surface area contributed by atoms with Crippen LogP contribution in [0.4, 0.5) is 0 Å². The zero-order valence-electron chi connectivity index (χ0n) is 17.7. The first kappa shape index (κ1) is 20.0. The third kappa shape index (κ3) is 4.25. The molecule has 0 amide bonds. The Morgan fingerprint density at radius 1 is 0.542 bits per heavy atom. The second-order valence-electron chi connectivity index (χ2n) is 10.6. The molecule has 0 aromatic rings. The van der Waals surface area contributed by atoms with Gasteiger partial charge in [0.1, 0.15) is 0 Å². The fraction of sp³-hybridized carbons (Fsp3) is 0.909. The van der Waals surface area contributed by atoms with Crippen LogP contribution in [0.15, 0.2) is 12.2 Å². The molecule has 2 aliphatic rings. The lowest BCUT2D eigenvalue weighted by molar-refractivity contribution is -0.0197. The van der Waals surface area contributed by atoms with E-state index in [1.807, 2.05) is 0 Å². The van der Waals surface area contributed by atoms with Gasteiger partial charge < -0.3 is 0 Å². The summed E-state index contributed by atoms with van der Waals surface area (Å²) in [5, 5.41) is 0. The van der Waals surface area contributed by atoms with E-state index in [0.717, 1.165) is 13.1 Å². The van der Waals surface area contributed by atoms with Gasteiger partial charge in [0.05, 0.1) is 0 Å². The summed E-state index contributed by atoms with van der Waals surface area (Å²) in [5.41, 5.74) is 1.26. The highest BCUT2D eigenvalue weighted by Crippen LogP contribution is 2.39. The summed E-state index contributed by atoms with van der Waals surface area (Å²) in [6.07, 6.45) is 12.8. The molecule has 0 radical (unpaired) electrons. The highest BCUT2D eigenvalue weighted by molar-refractivity contribution is 5.04. The second kappa shape index (κ2) is 6.76. The zero-order valence-corrected chi connectivity index (χ0v) is 17.7. The molecule has 0 bridgehead atoms. The van der Waals surface area contributed by atoms with Crippen molar-refractivity contribution in [2.45, 2.75) is 116 Å². The van der Waals surface area contributed by atoms with Gasteiger partial charge in [-0.3, -0.25) is 9.80 Å². The van der Waals surface area contributed by atoms with Crippen molar-refractivity contribution < 1.29 is 0 Å². The molecule has 2 aliphatic heterocycles. The summed E-state index contributed by atoms with van der Waals surface area (Å²) >= 11 is 0. The molecule has 0 N–H and O–H groups in total. The lowest BCUT2D eigenvalue weighted by Gasteiger charge is -2.53. The van der Waals surface area contributed by atoms with Gasteiger partial charge in [0.2, 0.25) is 0 Å². The minimum atomic E-state index is 0.315. The molecule has 0 aromatic carbocycles. The van der Waals surface area contributed by atoms with Crippen molar-refractivity contribution >= 4 is 0 Å². The van der Waals surface area contributed by atoms with Gasteiger partial charge in [-0.1, -0.05) is 12.2 Å². The second-order valence-corrected chi connectivity index (χ2v) is 10.6. The molecule has 2 saturated heterocycles. The van der Waals surface area contributed by atoms with Crippen molar-refractivity contribution in [2.75, 3.05) is 13.1 Å². The first-order valence-corrected chi connectivity index (χ1v) is 10.1. The van der Waals surface area contributed by atoms with Crippen molar-refractivity contribution in [1.29, 1.82) is 0 Å². The number of likely N-dealkylation sites (tertiary alicyclic amines) is 2. The molecule has 24 heavy (non-hydrogen) atoms. The predicted molar refractivity (Wildman–Crippen MR) is 107 cm³/mol. The van der Waals surface area contributed by atoms with Crippen LogP contribution in [0.2, 0.25) is 0 Å². The number of rotatable bonds is 4. The topological polar surface area (TPSA) is 6.48 Å². The minimum absolute atomic E-state index is 0.315. The van der Waals surface area contributed by atoms with Crippen LogP contribution in [0, 0.1) is 0 Å². The Hall–Kier alpha value is -0.340. The van der Waals surface area contributed by atoms with E-state index in [9.17, 15) is 0 Å². The molecule has 0 aromatic heterocycles. The Kier molecular flexibility index (Phi) is 5.63. The standard InChI is InChI=1S/C22H42N2/c1-19(2)13-11-14-20(3,4)23(19)17-9-10-18-24-21(5,6)15-12-16-22(24,7)8/h9-10H,11-18H2,1-8H3/b10-9+. The van der Waals surface area contributed by atoms with Gasteiger partial charge in [0, 0.05) is 35.2 Å². The smallest absolute Gasteiger partial charge is 0.0174 e. The lowest BCUT2D eigenvalue weighted by atomic mass is 9.79. The Balaban J connectivity index is 2.01. The van der Waals surface area contributed by atoms with E-state index in [4.69, 9.17) is 0 Å². The van der Waals surface area contributed by atoms with Crippen molar-refractivity contribution in [2.24, 2.45) is 0 Å². The lowest BCUT2D eigenvalue weighted by Crippen LogP contribution is -2.59. The van der Waals surface area contributed by atoms with E-state index in [0.29, 0.717) is 22.2 Å². The molecular formula is C22H42N2. The van der Waals surface area contributed by atoms with E-state index in [-0.39, 0.29) is 0 Å². The zero-order chi connectivity index (χ0) is 18.2.